The number of nitrogens with zero attached hydrogens (tertiary/aromatic N) is 1. The Hall–Kier alpha value is -3.14. The third-order valence-electron chi connectivity index (χ3n) is 3.38. The van der Waals surface area contributed by atoms with E-state index >= 15 is 0 Å². The summed E-state index contributed by atoms with van der Waals surface area (Å²) in [6, 6.07) is 5.46. The zero-order chi connectivity index (χ0) is 20.6. The highest BCUT2D eigenvalue weighted by Crippen LogP contribution is 2.35. The van der Waals surface area contributed by atoms with Gasteiger partial charge < -0.3 is 19.5 Å². The molecule has 150 valence electrons. The third-order valence-corrected chi connectivity index (χ3v) is 3.38. The summed E-state index contributed by atoms with van der Waals surface area (Å²) in [6.07, 6.45) is -1.84. The van der Waals surface area contributed by atoms with Gasteiger partial charge in [-0.3, -0.25) is 9.78 Å². The van der Waals surface area contributed by atoms with Gasteiger partial charge in [-0.1, -0.05) is 0 Å². The van der Waals surface area contributed by atoms with Crippen LogP contribution in [0.2, 0.25) is 0 Å². The van der Waals surface area contributed by atoms with Gasteiger partial charge in [0.15, 0.2) is 6.61 Å². The molecule has 10 heteroatoms. The summed E-state index contributed by atoms with van der Waals surface area (Å²) in [4.78, 5) is 27.6. The van der Waals surface area contributed by atoms with Crippen molar-refractivity contribution < 1.29 is 37.0 Å². The molecule has 1 aromatic heterocycles. The number of rotatable bonds is 8. The Balaban J connectivity index is 2.06. The van der Waals surface area contributed by atoms with Crippen LogP contribution in [-0.2, 0) is 20.4 Å². The molecule has 0 spiro atoms. The van der Waals surface area contributed by atoms with E-state index in [0.717, 1.165) is 18.2 Å². The number of benzene rings is 1. The first-order chi connectivity index (χ1) is 13.3. The van der Waals surface area contributed by atoms with Crippen LogP contribution in [0.4, 0.5) is 18.9 Å². The molecule has 0 aliphatic rings. The van der Waals surface area contributed by atoms with Gasteiger partial charge in [-0.05, 0) is 30.3 Å². The fourth-order valence-electron chi connectivity index (χ4n) is 2.05. The van der Waals surface area contributed by atoms with Crippen molar-refractivity contribution in [1.82, 2.24) is 4.98 Å². The zero-order valence-corrected chi connectivity index (χ0v) is 14.8. The minimum Gasteiger partial charge on any atom is -0.489 e. The number of carbonyl (C=O) groups is 2. The van der Waals surface area contributed by atoms with Crippen molar-refractivity contribution in [3.8, 4) is 5.75 Å². The van der Waals surface area contributed by atoms with Crippen LogP contribution in [0.25, 0.3) is 0 Å². The molecule has 2 rings (SSSR count). The first kappa shape index (κ1) is 21.2. The molecule has 1 heterocycles. The number of pyridine rings is 1. The van der Waals surface area contributed by atoms with Crippen LogP contribution in [0, 0.1) is 0 Å². The van der Waals surface area contributed by atoms with Crippen LogP contribution in [0.5, 0.6) is 5.75 Å². The van der Waals surface area contributed by atoms with Crippen LogP contribution < -0.4 is 10.1 Å². The monoisotopic (exact) mass is 398 g/mol. The Bertz CT molecular complexity index is 813. The standard InChI is InChI=1S/C18H17F3N2O5/c1-26-8-9-27-15-3-2-13(18(19,20)21)10-14(15)23-16(24)11-28-17(25)12-4-6-22-7-5-12/h2-7,10H,8-9,11H2,1H3,(H,23,24). The number of aromatic nitrogens is 1. The fourth-order valence-corrected chi connectivity index (χ4v) is 2.05. The summed E-state index contributed by atoms with van der Waals surface area (Å²) in [6.45, 7) is -0.408. The lowest BCUT2D eigenvalue weighted by atomic mass is 10.1. The number of amides is 1. The lowest BCUT2D eigenvalue weighted by molar-refractivity contribution is -0.137. The number of ether oxygens (including phenoxy) is 3. The quantitative estimate of drug-likeness (QED) is 0.544. The summed E-state index contributed by atoms with van der Waals surface area (Å²) in [5.41, 5.74) is -0.975. The maximum Gasteiger partial charge on any atom is 0.416 e. The van der Waals surface area contributed by atoms with Gasteiger partial charge in [0.1, 0.15) is 12.4 Å². The second-order valence-electron chi connectivity index (χ2n) is 5.41. The Labute approximate surface area is 158 Å². The van der Waals surface area contributed by atoms with E-state index in [2.05, 4.69) is 10.3 Å². The molecule has 0 bridgehead atoms. The van der Waals surface area contributed by atoms with Crippen molar-refractivity contribution >= 4 is 17.6 Å². The maximum atomic E-state index is 12.9. The van der Waals surface area contributed by atoms with E-state index < -0.39 is 30.2 Å². The van der Waals surface area contributed by atoms with Crippen molar-refractivity contribution in [2.75, 3.05) is 32.2 Å². The fraction of sp³-hybridized carbons (Fsp3) is 0.278. The van der Waals surface area contributed by atoms with E-state index in [1.54, 1.807) is 0 Å². The number of carbonyl (C=O) groups excluding carboxylic acids is 2. The van der Waals surface area contributed by atoms with Gasteiger partial charge in [-0.2, -0.15) is 13.2 Å². The molecule has 0 aliphatic heterocycles. The second kappa shape index (κ2) is 9.70. The number of nitrogens with one attached hydrogen (secondary N) is 1. The summed E-state index contributed by atoms with van der Waals surface area (Å²) in [5, 5.41) is 2.26. The molecular weight excluding hydrogens is 381 g/mol. The molecule has 1 aromatic carbocycles. The third kappa shape index (κ3) is 6.23. The summed E-state index contributed by atoms with van der Waals surface area (Å²) < 4.78 is 53.8. The number of hydrogen-bond donors (Lipinski definition) is 1. The number of anilines is 1. The topological polar surface area (TPSA) is 86.8 Å². The average molecular weight is 398 g/mol. The largest absolute Gasteiger partial charge is 0.489 e. The van der Waals surface area contributed by atoms with Crippen LogP contribution in [-0.4, -0.2) is 43.8 Å². The highest BCUT2D eigenvalue weighted by Gasteiger charge is 2.31. The molecule has 1 N–H and O–H groups in total. The van der Waals surface area contributed by atoms with E-state index in [4.69, 9.17) is 14.2 Å². The summed E-state index contributed by atoms with van der Waals surface area (Å²) >= 11 is 0. The van der Waals surface area contributed by atoms with Crippen molar-refractivity contribution in [2.45, 2.75) is 6.18 Å². The Kier molecular flexibility index (Phi) is 7.33. The highest BCUT2D eigenvalue weighted by atomic mass is 19.4. The Morgan fingerprint density at radius 3 is 2.46 bits per heavy atom. The first-order valence-corrected chi connectivity index (χ1v) is 8.01. The number of methoxy groups -OCH3 is 1. The van der Waals surface area contributed by atoms with Gasteiger partial charge in [-0.15, -0.1) is 0 Å². The van der Waals surface area contributed by atoms with E-state index in [9.17, 15) is 22.8 Å². The zero-order valence-electron chi connectivity index (χ0n) is 14.8. The summed E-state index contributed by atoms with van der Waals surface area (Å²) in [5.74, 6) is -1.56. The maximum absolute atomic E-state index is 12.9. The number of esters is 1. The van der Waals surface area contributed by atoms with Crippen LogP contribution in [0.3, 0.4) is 0 Å². The Morgan fingerprint density at radius 1 is 1.11 bits per heavy atom. The molecule has 0 aliphatic carbocycles. The minimum absolute atomic E-state index is 0.0267. The van der Waals surface area contributed by atoms with Gasteiger partial charge >= 0.3 is 12.1 Å². The molecular formula is C18H17F3N2O5. The number of alkyl halides is 3. The smallest absolute Gasteiger partial charge is 0.416 e. The van der Waals surface area contributed by atoms with E-state index in [1.807, 2.05) is 0 Å². The molecule has 0 unspecified atom stereocenters. The molecule has 0 radical (unpaired) electrons. The molecule has 0 saturated carbocycles. The van der Waals surface area contributed by atoms with Crippen LogP contribution >= 0.6 is 0 Å². The van der Waals surface area contributed by atoms with Crippen molar-refractivity contribution in [1.29, 1.82) is 0 Å². The molecule has 2 aromatic rings. The van der Waals surface area contributed by atoms with Crippen molar-refractivity contribution in [3.05, 3.63) is 53.9 Å². The van der Waals surface area contributed by atoms with Crippen LogP contribution in [0.1, 0.15) is 15.9 Å². The van der Waals surface area contributed by atoms with E-state index in [-0.39, 0.29) is 30.2 Å². The van der Waals surface area contributed by atoms with Crippen molar-refractivity contribution in [2.24, 2.45) is 0 Å². The predicted molar refractivity (Wildman–Crippen MR) is 92.0 cm³/mol. The lowest BCUT2D eigenvalue weighted by Crippen LogP contribution is -2.22. The number of halogens is 3. The van der Waals surface area contributed by atoms with Crippen molar-refractivity contribution in [3.63, 3.8) is 0 Å². The van der Waals surface area contributed by atoms with Gasteiger partial charge in [0.05, 0.1) is 23.4 Å². The molecule has 1 amide bonds. The van der Waals surface area contributed by atoms with Gasteiger partial charge in [0, 0.05) is 19.5 Å². The minimum atomic E-state index is -4.60. The molecule has 0 saturated heterocycles. The normalized spacial score (nSPS) is 11.0. The van der Waals surface area contributed by atoms with E-state index in [1.165, 1.54) is 31.6 Å². The SMILES string of the molecule is COCCOc1ccc(C(F)(F)F)cc1NC(=O)COC(=O)c1ccncc1. The Morgan fingerprint density at radius 2 is 1.82 bits per heavy atom. The lowest BCUT2D eigenvalue weighted by Gasteiger charge is -2.15. The molecule has 7 nitrogen and oxygen atoms in total. The second-order valence-corrected chi connectivity index (χ2v) is 5.41. The van der Waals surface area contributed by atoms with Gasteiger partial charge in [0.2, 0.25) is 0 Å². The summed E-state index contributed by atoms with van der Waals surface area (Å²) in [7, 11) is 1.44. The number of hydrogen-bond acceptors (Lipinski definition) is 6. The molecule has 28 heavy (non-hydrogen) atoms. The van der Waals surface area contributed by atoms with Gasteiger partial charge in [-0.25, -0.2) is 4.79 Å². The van der Waals surface area contributed by atoms with E-state index in [0.29, 0.717) is 0 Å². The predicted octanol–water partition coefficient (Wildman–Crippen LogP) is 2.92. The molecule has 0 fully saturated rings. The first-order valence-electron chi connectivity index (χ1n) is 8.01. The average Bonchev–Trinajstić information content (AvgIpc) is 2.67. The van der Waals surface area contributed by atoms with Crippen LogP contribution in [0.15, 0.2) is 42.7 Å². The highest BCUT2D eigenvalue weighted by molar-refractivity contribution is 5.96. The van der Waals surface area contributed by atoms with Gasteiger partial charge in [0.25, 0.3) is 5.91 Å². The molecule has 0 atom stereocenters.